The molecule has 0 aliphatic carbocycles. The fourth-order valence-corrected chi connectivity index (χ4v) is 2.39. The van der Waals surface area contributed by atoms with E-state index in [-0.39, 0.29) is 5.41 Å². The number of nitrogens with one attached hydrogen (secondary N) is 2. The molecule has 0 aromatic heterocycles. The van der Waals surface area contributed by atoms with Crippen LogP contribution in [0.5, 0.6) is 5.75 Å². The van der Waals surface area contributed by atoms with Crippen LogP contribution in [0.25, 0.3) is 0 Å². The van der Waals surface area contributed by atoms with E-state index in [0.29, 0.717) is 12.2 Å². The first-order valence-corrected chi connectivity index (χ1v) is 9.20. The molecule has 2 aromatic carbocycles. The van der Waals surface area contributed by atoms with Gasteiger partial charge in [-0.15, -0.1) is 0 Å². The van der Waals surface area contributed by atoms with E-state index in [1.807, 2.05) is 17.4 Å². The van der Waals surface area contributed by atoms with Crippen molar-refractivity contribution in [1.82, 2.24) is 10.6 Å². The highest BCUT2D eigenvalue weighted by Gasteiger charge is 2.13. The molecule has 0 aliphatic rings. The second kappa shape index (κ2) is 9.73. The Kier molecular flexibility index (Phi) is 7.36. The monoisotopic (exact) mass is 398 g/mol. The molecule has 7 nitrogen and oxygen atoms in total. The second-order valence-electron chi connectivity index (χ2n) is 7.46. The van der Waals surface area contributed by atoms with Gasteiger partial charge in [0.25, 0.3) is 5.91 Å². The smallest absolute Gasteiger partial charge is 0.338 e. The molecule has 29 heavy (non-hydrogen) atoms. The van der Waals surface area contributed by atoms with Crippen LogP contribution in [0.4, 0.5) is 4.79 Å². The van der Waals surface area contributed by atoms with E-state index in [4.69, 9.17) is 9.47 Å². The molecule has 0 aliphatic heterocycles. The summed E-state index contributed by atoms with van der Waals surface area (Å²) in [6, 6.07) is 14.0. The zero-order valence-corrected chi connectivity index (χ0v) is 17.1. The molecular formula is C22H26N2O5. The maximum atomic E-state index is 12.0. The molecule has 0 bridgehead atoms. The van der Waals surface area contributed by atoms with Crippen molar-refractivity contribution in [2.45, 2.75) is 32.8 Å². The van der Waals surface area contributed by atoms with Crippen LogP contribution in [0.3, 0.4) is 0 Å². The number of imide groups is 1. The van der Waals surface area contributed by atoms with E-state index in [2.05, 4.69) is 38.2 Å². The third kappa shape index (κ3) is 6.95. The molecule has 0 spiro atoms. The van der Waals surface area contributed by atoms with Crippen LogP contribution in [0, 0.1) is 0 Å². The Morgan fingerprint density at radius 2 is 1.55 bits per heavy atom. The molecule has 7 heteroatoms. The van der Waals surface area contributed by atoms with Gasteiger partial charge in [-0.05, 0) is 40.8 Å². The first-order valence-electron chi connectivity index (χ1n) is 9.20. The molecular weight excluding hydrogens is 372 g/mol. The highest BCUT2D eigenvalue weighted by molar-refractivity contribution is 5.96. The standard InChI is InChI=1S/C22H26N2O5/c1-22(2,3)17-9-11-18(12-10-17)28-13-15-5-7-16(8-6-15)20(26)29-14-19(25)24-21(27)23-4/h5-12H,13-14H2,1-4H3,(H2,23,24,25,27). The van der Waals surface area contributed by atoms with E-state index in [9.17, 15) is 14.4 Å². The van der Waals surface area contributed by atoms with Crippen LogP contribution >= 0.6 is 0 Å². The minimum atomic E-state index is -0.708. The van der Waals surface area contributed by atoms with Crippen LogP contribution in [0.1, 0.15) is 42.3 Å². The summed E-state index contributed by atoms with van der Waals surface area (Å²) in [6.45, 7) is 6.29. The summed E-state index contributed by atoms with van der Waals surface area (Å²) in [5, 5.41) is 4.24. The summed E-state index contributed by atoms with van der Waals surface area (Å²) in [4.78, 5) is 34.4. The third-order valence-electron chi connectivity index (χ3n) is 4.13. The Morgan fingerprint density at radius 3 is 2.10 bits per heavy atom. The molecule has 0 fully saturated rings. The van der Waals surface area contributed by atoms with Crippen molar-refractivity contribution in [3.63, 3.8) is 0 Å². The van der Waals surface area contributed by atoms with Gasteiger partial charge in [-0.1, -0.05) is 45.0 Å². The van der Waals surface area contributed by atoms with Gasteiger partial charge in [0.15, 0.2) is 6.61 Å². The van der Waals surface area contributed by atoms with Gasteiger partial charge in [0.05, 0.1) is 5.56 Å². The Labute approximate surface area is 170 Å². The number of urea groups is 1. The number of ether oxygens (including phenoxy) is 2. The molecule has 0 radical (unpaired) electrons. The molecule has 2 rings (SSSR count). The average Bonchev–Trinajstić information content (AvgIpc) is 2.70. The fourth-order valence-electron chi connectivity index (χ4n) is 2.39. The number of rotatable bonds is 6. The number of carbonyl (C=O) groups is 3. The molecule has 0 saturated carbocycles. The second-order valence-corrected chi connectivity index (χ2v) is 7.46. The van der Waals surface area contributed by atoms with Gasteiger partial charge >= 0.3 is 12.0 Å². The first-order chi connectivity index (χ1) is 13.7. The molecule has 0 unspecified atom stereocenters. The van der Waals surface area contributed by atoms with E-state index in [0.717, 1.165) is 11.3 Å². The van der Waals surface area contributed by atoms with Crippen molar-refractivity contribution in [2.24, 2.45) is 0 Å². The van der Waals surface area contributed by atoms with Crippen molar-refractivity contribution >= 4 is 17.9 Å². The third-order valence-corrected chi connectivity index (χ3v) is 4.13. The minimum absolute atomic E-state index is 0.0893. The van der Waals surface area contributed by atoms with Gasteiger partial charge < -0.3 is 14.8 Å². The van der Waals surface area contributed by atoms with Gasteiger partial charge in [-0.25, -0.2) is 9.59 Å². The maximum absolute atomic E-state index is 12.0. The van der Waals surface area contributed by atoms with Crippen LogP contribution < -0.4 is 15.4 Å². The zero-order chi connectivity index (χ0) is 21.4. The lowest BCUT2D eigenvalue weighted by molar-refractivity contribution is -0.123. The van der Waals surface area contributed by atoms with Crippen molar-refractivity contribution in [1.29, 1.82) is 0 Å². The van der Waals surface area contributed by atoms with Crippen LogP contribution in [-0.4, -0.2) is 31.6 Å². The molecule has 154 valence electrons. The predicted molar refractivity (Wildman–Crippen MR) is 109 cm³/mol. The van der Waals surface area contributed by atoms with Gasteiger partial charge in [-0.2, -0.15) is 0 Å². The van der Waals surface area contributed by atoms with Crippen molar-refractivity contribution in [2.75, 3.05) is 13.7 Å². The van der Waals surface area contributed by atoms with Gasteiger partial charge in [0.1, 0.15) is 12.4 Å². The summed E-state index contributed by atoms with van der Waals surface area (Å²) in [5.41, 5.74) is 2.51. The number of esters is 1. The average molecular weight is 398 g/mol. The van der Waals surface area contributed by atoms with E-state index < -0.39 is 24.5 Å². The Morgan fingerprint density at radius 1 is 0.931 bits per heavy atom. The number of carbonyl (C=O) groups excluding carboxylic acids is 3. The summed E-state index contributed by atoms with van der Waals surface area (Å²) >= 11 is 0. The lowest BCUT2D eigenvalue weighted by Crippen LogP contribution is -2.39. The van der Waals surface area contributed by atoms with Crippen molar-refractivity contribution in [3.8, 4) is 5.75 Å². The molecule has 3 amide bonds. The zero-order valence-electron chi connectivity index (χ0n) is 17.1. The van der Waals surface area contributed by atoms with E-state index >= 15 is 0 Å². The van der Waals surface area contributed by atoms with E-state index in [1.54, 1.807) is 24.3 Å². The Balaban J connectivity index is 1.84. The Hall–Kier alpha value is -3.35. The highest BCUT2D eigenvalue weighted by Crippen LogP contribution is 2.24. The molecule has 0 heterocycles. The summed E-state index contributed by atoms with van der Waals surface area (Å²) in [7, 11) is 1.38. The number of hydrogen-bond donors (Lipinski definition) is 2. The van der Waals surface area contributed by atoms with Crippen molar-refractivity contribution < 1.29 is 23.9 Å². The predicted octanol–water partition coefficient (Wildman–Crippen LogP) is 3.18. The fraction of sp³-hybridized carbons (Fsp3) is 0.318. The summed E-state index contributed by atoms with van der Waals surface area (Å²) in [6.07, 6.45) is 0. The molecule has 0 atom stereocenters. The molecule has 2 aromatic rings. The SMILES string of the molecule is CNC(=O)NC(=O)COC(=O)c1ccc(COc2ccc(C(C)(C)C)cc2)cc1. The number of amides is 3. The van der Waals surface area contributed by atoms with Crippen LogP contribution in [-0.2, 0) is 21.6 Å². The quantitative estimate of drug-likeness (QED) is 0.729. The molecule has 2 N–H and O–H groups in total. The summed E-state index contributed by atoms with van der Waals surface area (Å²) in [5.74, 6) is -0.592. The summed E-state index contributed by atoms with van der Waals surface area (Å²) < 4.78 is 10.7. The number of benzene rings is 2. The Bertz CT molecular complexity index is 852. The van der Waals surface area contributed by atoms with Crippen LogP contribution in [0.15, 0.2) is 48.5 Å². The van der Waals surface area contributed by atoms with Gasteiger partial charge in [0, 0.05) is 7.05 Å². The first kappa shape index (κ1) is 21.9. The normalized spacial score (nSPS) is 10.8. The van der Waals surface area contributed by atoms with Crippen molar-refractivity contribution in [3.05, 3.63) is 65.2 Å². The largest absolute Gasteiger partial charge is 0.489 e. The van der Waals surface area contributed by atoms with Gasteiger partial charge in [-0.3, -0.25) is 10.1 Å². The van der Waals surface area contributed by atoms with Gasteiger partial charge in [0.2, 0.25) is 0 Å². The topological polar surface area (TPSA) is 93.7 Å². The number of hydrogen-bond acceptors (Lipinski definition) is 5. The maximum Gasteiger partial charge on any atom is 0.338 e. The highest BCUT2D eigenvalue weighted by atomic mass is 16.5. The minimum Gasteiger partial charge on any atom is -0.489 e. The lowest BCUT2D eigenvalue weighted by atomic mass is 9.87. The molecule has 0 saturated heterocycles. The lowest BCUT2D eigenvalue weighted by Gasteiger charge is -2.19. The van der Waals surface area contributed by atoms with E-state index in [1.165, 1.54) is 12.6 Å². The van der Waals surface area contributed by atoms with Crippen LogP contribution in [0.2, 0.25) is 0 Å².